The first-order valence-corrected chi connectivity index (χ1v) is 8.35. The zero-order valence-corrected chi connectivity index (χ0v) is 14.6. The van der Waals surface area contributed by atoms with E-state index in [-0.39, 0.29) is 12.0 Å². The van der Waals surface area contributed by atoms with Crippen LogP contribution < -0.4 is 0 Å². The van der Waals surface area contributed by atoms with E-state index in [2.05, 4.69) is 15.1 Å². The number of aryl methyl sites for hydroxylation is 1. The lowest BCUT2D eigenvalue weighted by Crippen LogP contribution is -2.43. The Morgan fingerprint density at radius 2 is 2.36 bits per heavy atom. The fraction of sp³-hybridized carbons (Fsp3) is 0.625. The Morgan fingerprint density at radius 3 is 3.12 bits per heavy atom. The van der Waals surface area contributed by atoms with Gasteiger partial charge in [0.2, 0.25) is 0 Å². The maximum absolute atomic E-state index is 12.6. The van der Waals surface area contributed by atoms with Gasteiger partial charge in [-0.25, -0.2) is 4.98 Å². The van der Waals surface area contributed by atoms with Gasteiger partial charge in [0.25, 0.3) is 11.8 Å². The highest BCUT2D eigenvalue weighted by Crippen LogP contribution is 2.16. The average molecular weight is 349 g/mol. The monoisotopic (exact) mass is 349 g/mol. The second-order valence-electron chi connectivity index (χ2n) is 6.06. The van der Waals surface area contributed by atoms with Gasteiger partial charge in [0, 0.05) is 33.7 Å². The number of hydrogen-bond acceptors (Lipinski definition) is 7. The molecule has 0 aromatic carbocycles. The molecule has 1 saturated heterocycles. The predicted molar refractivity (Wildman–Crippen MR) is 86.8 cm³/mol. The molecular weight excluding hydrogens is 326 g/mol. The van der Waals surface area contributed by atoms with Crippen molar-refractivity contribution in [2.24, 2.45) is 7.05 Å². The first kappa shape index (κ1) is 17.6. The van der Waals surface area contributed by atoms with Crippen molar-refractivity contribution < 1.29 is 18.8 Å². The minimum Gasteiger partial charge on any atom is -0.376 e. The lowest BCUT2D eigenvalue weighted by molar-refractivity contribution is 0.00220. The number of imidazole rings is 1. The minimum atomic E-state index is -0.00400. The van der Waals surface area contributed by atoms with Gasteiger partial charge in [0.1, 0.15) is 12.3 Å². The Kier molecular flexibility index (Phi) is 5.77. The van der Waals surface area contributed by atoms with Crippen molar-refractivity contribution in [2.75, 3.05) is 26.8 Å². The number of amides is 1. The van der Waals surface area contributed by atoms with E-state index in [1.54, 1.807) is 24.2 Å². The highest BCUT2D eigenvalue weighted by Gasteiger charge is 2.26. The van der Waals surface area contributed by atoms with E-state index in [1.165, 1.54) is 0 Å². The number of hydrogen-bond donors (Lipinski definition) is 0. The summed E-state index contributed by atoms with van der Waals surface area (Å²) in [6, 6.07) is 0. The van der Waals surface area contributed by atoms with Crippen molar-refractivity contribution in [3.8, 4) is 0 Å². The largest absolute Gasteiger partial charge is 0.376 e. The number of aromatic nitrogens is 4. The number of nitrogens with zero attached hydrogens (tertiary/aromatic N) is 5. The number of methoxy groups -OCH3 is 1. The van der Waals surface area contributed by atoms with Crippen LogP contribution in [0, 0.1) is 0 Å². The predicted octanol–water partition coefficient (Wildman–Crippen LogP) is 0.813. The lowest BCUT2D eigenvalue weighted by Gasteiger charge is -2.32. The van der Waals surface area contributed by atoms with E-state index < -0.39 is 0 Å². The second kappa shape index (κ2) is 8.21. The van der Waals surface area contributed by atoms with E-state index in [1.807, 2.05) is 11.9 Å². The Morgan fingerprint density at radius 1 is 1.48 bits per heavy atom. The normalized spacial score (nSPS) is 17.8. The van der Waals surface area contributed by atoms with E-state index in [0.717, 1.165) is 19.4 Å². The summed E-state index contributed by atoms with van der Waals surface area (Å²) in [5.41, 5.74) is 0.595. The molecule has 1 amide bonds. The quantitative estimate of drug-likeness (QED) is 0.730. The Labute approximate surface area is 145 Å². The van der Waals surface area contributed by atoms with Crippen molar-refractivity contribution in [3.63, 3.8) is 0 Å². The van der Waals surface area contributed by atoms with Crippen LogP contribution in [0.4, 0.5) is 0 Å². The van der Waals surface area contributed by atoms with E-state index in [4.69, 9.17) is 14.0 Å². The van der Waals surface area contributed by atoms with Crippen LogP contribution in [0.1, 0.15) is 35.0 Å². The summed E-state index contributed by atoms with van der Waals surface area (Å²) in [4.78, 5) is 22.6. The maximum Gasteiger partial charge on any atom is 0.272 e. The van der Waals surface area contributed by atoms with Crippen molar-refractivity contribution >= 4 is 5.91 Å². The smallest absolute Gasteiger partial charge is 0.272 e. The Bertz CT molecular complexity index is 698. The van der Waals surface area contributed by atoms with Gasteiger partial charge in [-0.1, -0.05) is 5.16 Å². The van der Waals surface area contributed by atoms with Gasteiger partial charge < -0.3 is 23.5 Å². The highest BCUT2D eigenvalue weighted by molar-refractivity contribution is 5.92. The van der Waals surface area contributed by atoms with Gasteiger partial charge in [-0.2, -0.15) is 4.98 Å². The molecule has 1 aliphatic rings. The summed E-state index contributed by atoms with van der Waals surface area (Å²) in [6.07, 6.45) is 5.69. The fourth-order valence-corrected chi connectivity index (χ4v) is 2.87. The zero-order chi connectivity index (χ0) is 17.6. The molecule has 0 N–H and O–H groups in total. The molecular formula is C16H23N5O4. The molecule has 0 radical (unpaired) electrons. The summed E-state index contributed by atoms with van der Waals surface area (Å²) in [7, 11) is 3.40. The minimum absolute atomic E-state index is 0.00400. The van der Waals surface area contributed by atoms with Crippen LogP contribution in [0.5, 0.6) is 0 Å². The third-order valence-corrected chi connectivity index (χ3v) is 4.16. The molecule has 0 spiro atoms. The molecule has 9 heteroatoms. The van der Waals surface area contributed by atoms with Crippen molar-refractivity contribution in [1.29, 1.82) is 0 Å². The van der Waals surface area contributed by atoms with E-state index >= 15 is 0 Å². The van der Waals surface area contributed by atoms with Crippen LogP contribution in [0.3, 0.4) is 0 Å². The van der Waals surface area contributed by atoms with Crippen LogP contribution >= 0.6 is 0 Å². The number of ether oxygens (including phenoxy) is 2. The fourth-order valence-electron chi connectivity index (χ4n) is 2.87. The summed E-state index contributed by atoms with van der Waals surface area (Å²) in [5.74, 6) is 1.06. The van der Waals surface area contributed by atoms with Crippen LogP contribution in [-0.4, -0.2) is 63.4 Å². The van der Waals surface area contributed by atoms with Crippen molar-refractivity contribution in [1.82, 2.24) is 24.6 Å². The summed E-state index contributed by atoms with van der Waals surface area (Å²) in [6.45, 7) is 2.13. The summed E-state index contributed by atoms with van der Waals surface area (Å²) < 4.78 is 17.6. The molecule has 3 heterocycles. The zero-order valence-electron chi connectivity index (χ0n) is 14.6. The van der Waals surface area contributed by atoms with E-state index in [0.29, 0.717) is 43.6 Å². The van der Waals surface area contributed by atoms with E-state index in [9.17, 15) is 4.79 Å². The van der Waals surface area contributed by atoms with Gasteiger partial charge in [0.05, 0.1) is 25.2 Å². The van der Waals surface area contributed by atoms with Crippen LogP contribution in [0.15, 0.2) is 17.0 Å². The van der Waals surface area contributed by atoms with Gasteiger partial charge >= 0.3 is 0 Å². The molecule has 25 heavy (non-hydrogen) atoms. The van der Waals surface area contributed by atoms with Crippen molar-refractivity contribution in [2.45, 2.75) is 32.0 Å². The topological polar surface area (TPSA) is 95.5 Å². The molecule has 0 aliphatic carbocycles. The average Bonchev–Trinajstić information content (AvgIpc) is 3.24. The maximum atomic E-state index is 12.6. The molecule has 0 saturated carbocycles. The Balaban J connectivity index is 1.46. The first-order valence-electron chi connectivity index (χ1n) is 8.35. The van der Waals surface area contributed by atoms with Gasteiger partial charge in [-0.15, -0.1) is 0 Å². The molecule has 1 unspecified atom stereocenters. The Hall–Kier alpha value is -2.26. The molecule has 2 aromatic heterocycles. The van der Waals surface area contributed by atoms with Crippen LogP contribution in [-0.2, 0) is 29.5 Å². The number of carbonyl (C=O) groups is 1. The third-order valence-electron chi connectivity index (χ3n) is 4.16. The summed E-state index contributed by atoms with van der Waals surface area (Å²) in [5, 5.41) is 3.88. The molecule has 3 rings (SSSR count). The molecule has 1 fully saturated rings. The summed E-state index contributed by atoms with van der Waals surface area (Å²) >= 11 is 0. The molecule has 1 aliphatic heterocycles. The standard InChI is InChI=1S/C16H23N5O4/c1-20-11-17-8-13(20)16(22)21-6-3-4-12(9-21)24-7-5-14-18-15(10-23-2)25-19-14/h8,11-12H,3-7,9-10H2,1-2H3. The lowest BCUT2D eigenvalue weighted by atomic mass is 10.1. The van der Waals surface area contributed by atoms with Gasteiger partial charge in [-0.05, 0) is 12.8 Å². The molecule has 1 atom stereocenters. The number of likely N-dealkylation sites (tertiary alicyclic amines) is 1. The van der Waals surface area contributed by atoms with Gasteiger partial charge in [-0.3, -0.25) is 4.79 Å². The second-order valence-corrected chi connectivity index (χ2v) is 6.06. The molecule has 0 bridgehead atoms. The molecule has 136 valence electrons. The number of rotatable bonds is 7. The number of piperidine rings is 1. The highest BCUT2D eigenvalue weighted by atomic mass is 16.5. The SMILES string of the molecule is COCc1nc(CCOC2CCCN(C(=O)c3cncn3C)C2)no1. The van der Waals surface area contributed by atoms with Gasteiger partial charge in [0.15, 0.2) is 5.82 Å². The third kappa shape index (κ3) is 4.43. The number of carbonyl (C=O) groups excluding carboxylic acids is 1. The molecule has 2 aromatic rings. The molecule has 9 nitrogen and oxygen atoms in total. The van der Waals surface area contributed by atoms with Crippen LogP contribution in [0.2, 0.25) is 0 Å². The van der Waals surface area contributed by atoms with Crippen LogP contribution in [0.25, 0.3) is 0 Å². The first-order chi connectivity index (χ1) is 12.2. The van der Waals surface area contributed by atoms with Crippen molar-refractivity contribution in [3.05, 3.63) is 29.9 Å².